The van der Waals surface area contributed by atoms with Crippen molar-refractivity contribution in [3.63, 3.8) is 0 Å². The molecule has 0 spiro atoms. The molecule has 6 nitrogen and oxygen atoms in total. The summed E-state index contributed by atoms with van der Waals surface area (Å²) >= 11 is 0. The number of hydrogen-bond acceptors (Lipinski definition) is 4. The number of carbonyl (C=O) groups is 1. The normalized spacial score (nSPS) is 11.8. The third-order valence-electron chi connectivity index (χ3n) is 4.08. The monoisotopic (exact) mass is 358 g/mol. The van der Waals surface area contributed by atoms with Crippen LogP contribution in [0.2, 0.25) is 0 Å². The Balaban J connectivity index is 2.01. The summed E-state index contributed by atoms with van der Waals surface area (Å²) in [6, 6.07) is 12.4. The Kier molecular flexibility index (Phi) is 6.86. The van der Waals surface area contributed by atoms with Crippen LogP contribution in [-0.2, 0) is 0 Å². The van der Waals surface area contributed by atoms with Gasteiger partial charge in [-0.25, -0.2) is 4.79 Å². The molecule has 2 amide bonds. The number of benzene rings is 2. The molecule has 0 radical (unpaired) electrons. The van der Waals surface area contributed by atoms with Gasteiger partial charge in [0.1, 0.15) is 17.6 Å². The summed E-state index contributed by atoms with van der Waals surface area (Å²) in [5, 5.41) is 16.0. The quantitative estimate of drug-likeness (QED) is 0.705. The van der Waals surface area contributed by atoms with Gasteiger partial charge in [0.2, 0.25) is 0 Å². The zero-order valence-electron chi connectivity index (χ0n) is 15.6. The average molecular weight is 358 g/mol. The predicted molar refractivity (Wildman–Crippen MR) is 102 cm³/mol. The van der Waals surface area contributed by atoms with Crippen molar-refractivity contribution in [1.82, 2.24) is 5.32 Å². The molecular formula is C20H26N2O4. The zero-order valence-corrected chi connectivity index (χ0v) is 15.6. The molecule has 0 aliphatic rings. The third kappa shape index (κ3) is 4.89. The number of para-hydroxylation sites is 1. The lowest BCUT2D eigenvalue weighted by molar-refractivity contribution is 0.170. The highest BCUT2D eigenvalue weighted by atomic mass is 16.5. The van der Waals surface area contributed by atoms with Crippen molar-refractivity contribution in [2.24, 2.45) is 0 Å². The zero-order chi connectivity index (χ0) is 19.1. The van der Waals surface area contributed by atoms with E-state index in [-0.39, 0.29) is 18.5 Å². The minimum absolute atomic E-state index is 0.0409. The number of hydrogen-bond donors (Lipinski definition) is 3. The van der Waals surface area contributed by atoms with Crippen LogP contribution in [-0.4, -0.2) is 31.9 Å². The van der Waals surface area contributed by atoms with Crippen molar-refractivity contribution < 1.29 is 19.4 Å². The average Bonchev–Trinajstić information content (AvgIpc) is 2.65. The number of aliphatic hydroxyl groups excluding tert-OH is 1. The minimum atomic E-state index is -0.925. The summed E-state index contributed by atoms with van der Waals surface area (Å²) in [6.07, 6.45) is -0.925. The number of amides is 2. The van der Waals surface area contributed by atoms with Crippen LogP contribution in [0.25, 0.3) is 0 Å². The first-order chi connectivity index (χ1) is 12.5. The van der Waals surface area contributed by atoms with E-state index in [9.17, 15) is 9.90 Å². The van der Waals surface area contributed by atoms with Crippen molar-refractivity contribution in [2.45, 2.75) is 25.9 Å². The van der Waals surface area contributed by atoms with E-state index in [4.69, 9.17) is 9.47 Å². The number of urea groups is 1. The highest BCUT2D eigenvalue weighted by Crippen LogP contribution is 2.29. The molecule has 0 heterocycles. The number of methoxy groups -OCH3 is 2. The van der Waals surface area contributed by atoms with Gasteiger partial charge < -0.3 is 25.2 Å². The lowest BCUT2D eigenvalue weighted by Crippen LogP contribution is -2.32. The van der Waals surface area contributed by atoms with E-state index in [1.54, 1.807) is 25.3 Å². The Morgan fingerprint density at radius 2 is 1.81 bits per heavy atom. The molecule has 6 heteroatoms. The predicted octanol–water partition coefficient (Wildman–Crippen LogP) is 3.68. The molecule has 2 aromatic carbocycles. The molecule has 1 atom stereocenters. The second kappa shape index (κ2) is 9.10. The van der Waals surface area contributed by atoms with Crippen LogP contribution in [0.5, 0.6) is 11.5 Å². The fraction of sp³-hybridized carbons (Fsp3) is 0.350. The van der Waals surface area contributed by atoms with Crippen LogP contribution in [0.15, 0.2) is 42.5 Å². The van der Waals surface area contributed by atoms with Crippen LogP contribution >= 0.6 is 0 Å². The topological polar surface area (TPSA) is 79.8 Å². The van der Waals surface area contributed by atoms with Crippen molar-refractivity contribution >= 4 is 11.7 Å². The van der Waals surface area contributed by atoms with Gasteiger partial charge in [-0.1, -0.05) is 32.0 Å². The number of rotatable bonds is 7. The maximum absolute atomic E-state index is 12.2. The minimum Gasteiger partial charge on any atom is -0.497 e. The Hall–Kier alpha value is -2.73. The first-order valence-corrected chi connectivity index (χ1v) is 8.50. The van der Waals surface area contributed by atoms with Crippen LogP contribution in [0.3, 0.4) is 0 Å². The largest absolute Gasteiger partial charge is 0.497 e. The first kappa shape index (κ1) is 19.6. The SMILES string of the molecule is COc1ccc(OC)c(C(O)CNC(=O)Nc2ccccc2C(C)C)c1. The number of nitrogens with one attached hydrogen (secondary N) is 2. The van der Waals surface area contributed by atoms with Gasteiger partial charge in [0.05, 0.1) is 14.2 Å². The molecule has 0 saturated carbocycles. The lowest BCUT2D eigenvalue weighted by atomic mass is 10.0. The molecule has 0 bridgehead atoms. The summed E-state index contributed by atoms with van der Waals surface area (Å²) in [4.78, 5) is 12.2. The van der Waals surface area contributed by atoms with Gasteiger partial charge in [-0.15, -0.1) is 0 Å². The Morgan fingerprint density at radius 3 is 2.46 bits per heavy atom. The van der Waals surface area contributed by atoms with Gasteiger partial charge in [0.15, 0.2) is 0 Å². The van der Waals surface area contributed by atoms with Crippen LogP contribution in [0, 0.1) is 0 Å². The van der Waals surface area contributed by atoms with E-state index in [1.165, 1.54) is 7.11 Å². The molecule has 0 aliphatic carbocycles. The highest BCUT2D eigenvalue weighted by Gasteiger charge is 2.16. The second-order valence-corrected chi connectivity index (χ2v) is 6.20. The van der Waals surface area contributed by atoms with E-state index in [0.717, 1.165) is 11.3 Å². The van der Waals surface area contributed by atoms with Gasteiger partial charge in [-0.2, -0.15) is 0 Å². The Morgan fingerprint density at radius 1 is 1.08 bits per heavy atom. The van der Waals surface area contributed by atoms with Crippen molar-refractivity contribution in [1.29, 1.82) is 0 Å². The molecule has 0 saturated heterocycles. The summed E-state index contributed by atoms with van der Waals surface area (Å²) in [7, 11) is 3.08. The van der Waals surface area contributed by atoms with Crippen LogP contribution in [0.4, 0.5) is 10.5 Å². The summed E-state index contributed by atoms with van der Waals surface area (Å²) in [6.45, 7) is 4.17. The maximum atomic E-state index is 12.2. The van der Waals surface area contributed by atoms with E-state index in [0.29, 0.717) is 17.1 Å². The van der Waals surface area contributed by atoms with Crippen LogP contribution in [0.1, 0.15) is 37.0 Å². The molecule has 0 aromatic heterocycles. The Labute approximate surface area is 154 Å². The standard InChI is InChI=1S/C20H26N2O4/c1-13(2)15-7-5-6-8-17(15)22-20(24)21-12-18(23)16-11-14(25-3)9-10-19(16)26-4/h5-11,13,18,23H,12H2,1-4H3,(H2,21,22,24). The number of ether oxygens (including phenoxy) is 2. The van der Waals surface area contributed by atoms with E-state index < -0.39 is 6.10 Å². The molecule has 3 N–H and O–H groups in total. The third-order valence-corrected chi connectivity index (χ3v) is 4.08. The fourth-order valence-corrected chi connectivity index (χ4v) is 2.68. The van der Waals surface area contributed by atoms with E-state index >= 15 is 0 Å². The van der Waals surface area contributed by atoms with Crippen LogP contribution < -0.4 is 20.1 Å². The molecule has 2 rings (SSSR count). The van der Waals surface area contributed by atoms with Crippen molar-refractivity contribution in [3.8, 4) is 11.5 Å². The molecule has 0 fully saturated rings. The van der Waals surface area contributed by atoms with Gasteiger partial charge in [0, 0.05) is 17.8 Å². The summed E-state index contributed by atoms with van der Waals surface area (Å²) in [5.74, 6) is 1.43. The Bertz CT molecular complexity index is 746. The van der Waals surface area contributed by atoms with Crippen molar-refractivity contribution in [2.75, 3.05) is 26.1 Å². The lowest BCUT2D eigenvalue weighted by Gasteiger charge is -2.18. The van der Waals surface area contributed by atoms with Crippen molar-refractivity contribution in [3.05, 3.63) is 53.6 Å². The molecule has 140 valence electrons. The molecule has 2 aromatic rings. The van der Waals surface area contributed by atoms with Gasteiger partial charge >= 0.3 is 6.03 Å². The van der Waals surface area contributed by atoms with Gasteiger partial charge in [0.25, 0.3) is 0 Å². The summed E-state index contributed by atoms with van der Waals surface area (Å²) in [5.41, 5.74) is 2.36. The van der Waals surface area contributed by atoms with E-state index in [1.807, 2.05) is 24.3 Å². The molecule has 0 aliphatic heterocycles. The molecule has 26 heavy (non-hydrogen) atoms. The number of carbonyl (C=O) groups excluding carboxylic acids is 1. The maximum Gasteiger partial charge on any atom is 0.319 e. The fourth-order valence-electron chi connectivity index (χ4n) is 2.68. The van der Waals surface area contributed by atoms with E-state index in [2.05, 4.69) is 24.5 Å². The second-order valence-electron chi connectivity index (χ2n) is 6.20. The molecular weight excluding hydrogens is 332 g/mol. The molecule has 1 unspecified atom stereocenters. The smallest absolute Gasteiger partial charge is 0.319 e. The summed E-state index contributed by atoms with van der Waals surface area (Å²) < 4.78 is 10.4. The van der Waals surface area contributed by atoms with Gasteiger partial charge in [-0.05, 0) is 35.7 Å². The number of aliphatic hydroxyl groups is 1. The highest BCUT2D eigenvalue weighted by molar-refractivity contribution is 5.90. The first-order valence-electron chi connectivity index (χ1n) is 8.50. The van der Waals surface area contributed by atoms with Gasteiger partial charge in [-0.3, -0.25) is 0 Å². The number of anilines is 1.